The third-order valence-electron chi connectivity index (χ3n) is 3.33. The van der Waals surface area contributed by atoms with Crippen LogP contribution in [0.2, 0.25) is 0 Å². The highest BCUT2D eigenvalue weighted by molar-refractivity contribution is 5.95. The summed E-state index contributed by atoms with van der Waals surface area (Å²) in [5, 5.41) is 5.43. The molecule has 0 saturated carbocycles. The number of urea groups is 1. The van der Waals surface area contributed by atoms with Gasteiger partial charge < -0.3 is 15.4 Å². The Morgan fingerprint density at radius 3 is 2.52 bits per heavy atom. The molecule has 0 spiro atoms. The molecule has 0 aliphatic carbocycles. The summed E-state index contributed by atoms with van der Waals surface area (Å²) in [4.78, 5) is 24.1. The summed E-state index contributed by atoms with van der Waals surface area (Å²) in [7, 11) is 0. The van der Waals surface area contributed by atoms with Gasteiger partial charge in [0.2, 0.25) is 0 Å². The van der Waals surface area contributed by atoms with Crippen LogP contribution >= 0.6 is 0 Å². The van der Waals surface area contributed by atoms with E-state index in [-0.39, 0.29) is 12.1 Å². The topological polar surface area (TPSA) is 67.4 Å². The highest BCUT2D eigenvalue weighted by Crippen LogP contribution is 2.29. The van der Waals surface area contributed by atoms with Gasteiger partial charge in [0, 0.05) is 5.70 Å². The van der Waals surface area contributed by atoms with E-state index in [1.165, 1.54) is 0 Å². The molecule has 2 amide bonds. The van der Waals surface area contributed by atoms with Crippen LogP contribution in [0.5, 0.6) is 0 Å². The van der Waals surface area contributed by atoms with Gasteiger partial charge in [-0.05, 0) is 38.8 Å². The van der Waals surface area contributed by atoms with E-state index >= 15 is 0 Å². The van der Waals surface area contributed by atoms with Crippen molar-refractivity contribution in [3.63, 3.8) is 0 Å². The molecule has 1 aromatic rings. The van der Waals surface area contributed by atoms with Gasteiger partial charge in [0.15, 0.2) is 0 Å². The lowest BCUT2D eigenvalue weighted by Crippen LogP contribution is -2.45. The zero-order valence-corrected chi connectivity index (χ0v) is 12.7. The molecule has 0 bridgehead atoms. The van der Waals surface area contributed by atoms with E-state index in [2.05, 4.69) is 10.6 Å². The van der Waals surface area contributed by atoms with Crippen molar-refractivity contribution < 1.29 is 14.3 Å². The number of hydrogen-bond donors (Lipinski definition) is 2. The Morgan fingerprint density at radius 2 is 1.90 bits per heavy atom. The van der Waals surface area contributed by atoms with Crippen LogP contribution in [0.3, 0.4) is 0 Å². The minimum absolute atomic E-state index is 0.215. The maximum absolute atomic E-state index is 12.3. The molecule has 0 radical (unpaired) electrons. The van der Waals surface area contributed by atoms with Gasteiger partial charge in [0.05, 0.1) is 17.7 Å². The van der Waals surface area contributed by atoms with Gasteiger partial charge in [-0.2, -0.15) is 0 Å². The Kier molecular flexibility index (Phi) is 4.31. The molecule has 2 rings (SSSR count). The van der Waals surface area contributed by atoms with Gasteiger partial charge >= 0.3 is 12.0 Å². The Hall–Kier alpha value is -2.30. The molecule has 1 aromatic carbocycles. The number of esters is 1. The lowest BCUT2D eigenvalue weighted by atomic mass is 9.92. The number of amides is 2. The molecule has 0 aromatic heterocycles. The zero-order valence-electron chi connectivity index (χ0n) is 12.7. The molecule has 0 saturated heterocycles. The fourth-order valence-electron chi connectivity index (χ4n) is 2.39. The fourth-order valence-corrected chi connectivity index (χ4v) is 2.39. The van der Waals surface area contributed by atoms with Crippen molar-refractivity contribution in [3.8, 4) is 0 Å². The van der Waals surface area contributed by atoms with Gasteiger partial charge in [0.1, 0.15) is 0 Å². The molecule has 1 heterocycles. The van der Waals surface area contributed by atoms with E-state index in [0.29, 0.717) is 11.3 Å². The zero-order chi connectivity index (χ0) is 15.6. The van der Waals surface area contributed by atoms with E-state index in [1.54, 1.807) is 20.8 Å². The summed E-state index contributed by atoms with van der Waals surface area (Å²) in [6, 6.07) is 6.85. The number of carbonyl (C=O) groups is 2. The number of benzene rings is 1. The molecule has 21 heavy (non-hydrogen) atoms. The highest BCUT2D eigenvalue weighted by atomic mass is 16.5. The Balaban J connectivity index is 2.46. The molecule has 1 atom stereocenters. The summed E-state index contributed by atoms with van der Waals surface area (Å²) in [6.45, 7) is 7.25. The van der Waals surface area contributed by atoms with E-state index in [9.17, 15) is 9.59 Å². The molecular formula is C16H20N2O3. The van der Waals surface area contributed by atoms with Gasteiger partial charge in [-0.25, -0.2) is 9.59 Å². The van der Waals surface area contributed by atoms with Crippen LogP contribution < -0.4 is 10.6 Å². The van der Waals surface area contributed by atoms with Gasteiger partial charge in [-0.1, -0.05) is 24.3 Å². The number of ether oxygens (including phenoxy) is 1. The lowest BCUT2D eigenvalue weighted by molar-refractivity contribution is -0.143. The number of allylic oxidation sites excluding steroid dienone is 1. The van der Waals surface area contributed by atoms with Crippen LogP contribution in [0.15, 0.2) is 35.5 Å². The van der Waals surface area contributed by atoms with Gasteiger partial charge in [-0.3, -0.25) is 0 Å². The first-order valence-corrected chi connectivity index (χ1v) is 6.95. The summed E-state index contributed by atoms with van der Waals surface area (Å²) >= 11 is 0. The van der Waals surface area contributed by atoms with Crippen molar-refractivity contribution >= 4 is 12.0 Å². The molecule has 1 aliphatic rings. The van der Waals surface area contributed by atoms with Crippen molar-refractivity contribution in [1.29, 1.82) is 0 Å². The first-order chi connectivity index (χ1) is 9.90. The number of hydrogen-bond acceptors (Lipinski definition) is 3. The van der Waals surface area contributed by atoms with E-state index in [4.69, 9.17) is 4.74 Å². The van der Waals surface area contributed by atoms with E-state index in [0.717, 1.165) is 11.1 Å². The average molecular weight is 288 g/mol. The standard InChI is InChI=1S/C16H20N2O3/c1-9(2)21-15(19)13-11(4)17-16(20)18-14(13)12-8-6-5-7-10(12)3/h5-9,14H,1-4H3,(H2,17,18,20)/t14-/m1/s1. The number of nitrogens with one attached hydrogen (secondary N) is 2. The molecule has 1 aliphatic heterocycles. The predicted octanol–water partition coefficient (Wildman–Crippen LogP) is 2.57. The Labute approximate surface area is 124 Å². The SMILES string of the molecule is CC1=C(C(=O)OC(C)C)[C@@H](c2ccccc2C)NC(=O)N1. The number of aryl methyl sites for hydroxylation is 1. The van der Waals surface area contributed by atoms with Gasteiger partial charge in [0.25, 0.3) is 0 Å². The highest BCUT2D eigenvalue weighted by Gasteiger charge is 2.33. The third kappa shape index (κ3) is 3.24. The van der Waals surface area contributed by atoms with Gasteiger partial charge in [-0.15, -0.1) is 0 Å². The molecule has 5 heteroatoms. The van der Waals surface area contributed by atoms with Crippen molar-refractivity contribution in [1.82, 2.24) is 10.6 Å². The smallest absolute Gasteiger partial charge is 0.338 e. The molecular weight excluding hydrogens is 268 g/mol. The number of carbonyl (C=O) groups excluding carboxylic acids is 2. The molecule has 5 nitrogen and oxygen atoms in total. The van der Waals surface area contributed by atoms with Crippen LogP contribution in [-0.4, -0.2) is 18.1 Å². The minimum Gasteiger partial charge on any atom is -0.459 e. The van der Waals surface area contributed by atoms with E-state index < -0.39 is 12.0 Å². The molecule has 0 fully saturated rings. The monoisotopic (exact) mass is 288 g/mol. The summed E-state index contributed by atoms with van der Waals surface area (Å²) in [5.41, 5.74) is 2.87. The molecule has 2 N–H and O–H groups in total. The first-order valence-electron chi connectivity index (χ1n) is 6.95. The van der Waals surface area contributed by atoms with Crippen molar-refractivity contribution in [3.05, 3.63) is 46.7 Å². The molecule has 112 valence electrons. The third-order valence-corrected chi connectivity index (χ3v) is 3.33. The summed E-state index contributed by atoms with van der Waals surface area (Å²) in [5.74, 6) is -0.414. The van der Waals surface area contributed by atoms with Crippen LogP contribution in [0, 0.1) is 6.92 Å². The van der Waals surface area contributed by atoms with Crippen molar-refractivity contribution in [2.24, 2.45) is 0 Å². The van der Waals surface area contributed by atoms with Crippen LogP contribution in [-0.2, 0) is 9.53 Å². The molecule has 0 unspecified atom stereocenters. The van der Waals surface area contributed by atoms with Crippen LogP contribution in [0.25, 0.3) is 0 Å². The first kappa shape index (κ1) is 15.1. The largest absolute Gasteiger partial charge is 0.459 e. The second-order valence-electron chi connectivity index (χ2n) is 5.38. The second-order valence-corrected chi connectivity index (χ2v) is 5.38. The summed E-state index contributed by atoms with van der Waals surface area (Å²) < 4.78 is 5.30. The Morgan fingerprint density at radius 1 is 1.24 bits per heavy atom. The second kappa shape index (κ2) is 5.99. The fraction of sp³-hybridized carbons (Fsp3) is 0.375. The van der Waals surface area contributed by atoms with E-state index in [1.807, 2.05) is 31.2 Å². The van der Waals surface area contributed by atoms with Crippen molar-refractivity contribution in [2.75, 3.05) is 0 Å². The number of rotatable bonds is 3. The normalized spacial score (nSPS) is 18.3. The quantitative estimate of drug-likeness (QED) is 0.840. The van der Waals surface area contributed by atoms with Crippen molar-refractivity contribution in [2.45, 2.75) is 39.8 Å². The maximum Gasteiger partial charge on any atom is 0.338 e. The summed E-state index contributed by atoms with van der Waals surface area (Å²) in [6.07, 6.45) is -0.215. The average Bonchev–Trinajstić information content (AvgIpc) is 2.37. The minimum atomic E-state index is -0.494. The Bertz CT molecular complexity index is 605. The predicted molar refractivity (Wildman–Crippen MR) is 79.5 cm³/mol. The van der Waals surface area contributed by atoms with Crippen LogP contribution in [0.4, 0.5) is 4.79 Å². The lowest BCUT2D eigenvalue weighted by Gasteiger charge is -2.29. The van der Waals surface area contributed by atoms with Crippen LogP contribution in [0.1, 0.15) is 37.9 Å². The maximum atomic E-state index is 12.3.